The standard InChI is InChI=1S/C17H24N2O3S/c1-13(2)17(20)18-10-7-14-5-6-16(11-15(14)12-18)23(21,22)19-8-3-4-9-19/h5-6,11,13H,3-4,7-10,12H2,1-2H3. The van der Waals surface area contributed by atoms with Gasteiger partial charge in [0.15, 0.2) is 0 Å². The van der Waals surface area contributed by atoms with E-state index in [9.17, 15) is 13.2 Å². The first-order chi connectivity index (χ1) is 10.9. The molecular weight excluding hydrogens is 312 g/mol. The Morgan fingerprint density at radius 3 is 2.43 bits per heavy atom. The summed E-state index contributed by atoms with van der Waals surface area (Å²) in [6, 6.07) is 5.39. The third kappa shape index (κ3) is 3.15. The molecule has 0 unspecified atom stereocenters. The van der Waals surface area contributed by atoms with Gasteiger partial charge in [0.1, 0.15) is 0 Å². The molecular formula is C17H24N2O3S. The predicted molar refractivity (Wildman–Crippen MR) is 88.4 cm³/mol. The minimum Gasteiger partial charge on any atom is -0.338 e. The maximum Gasteiger partial charge on any atom is 0.243 e. The first-order valence-electron chi connectivity index (χ1n) is 8.30. The molecule has 1 aromatic rings. The summed E-state index contributed by atoms with van der Waals surface area (Å²) < 4.78 is 26.9. The number of benzene rings is 1. The van der Waals surface area contributed by atoms with Gasteiger partial charge >= 0.3 is 0 Å². The number of nitrogens with zero attached hydrogens (tertiary/aromatic N) is 2. The molecule has 3 rings (SSSR count). The molecule has 1 aromatic carbocycles. The van der Waals surface area contributed by atoms with Gasteiger partial charge in [0, 0.05) is 32.1 Å². The molecule has 6 heteroatoms. The van der Waals surface area contributed by atoms with Crippen LogP contribution in [0.1, 0.15) is 37.8 Å². The number of hydrogen-bond donors (Lipinski definition) is 0. The minimum absolute atomic E-state index is 0.0342. The van der Waals surface area contributed by atoms with Crippen LogP contribution in [0.2, 0.25) is 0 Å². The van der Waals surface area contributed by atoms with Crippen LogP contribution in [0.25, 0.3) is 0 Å². The Hall–Kier alpha value is -1.40. The zero-order valence-corrected chi connectivity index (χ0v) is 14.6. The molecule has 2 heterocycles. The van der Waals surface area contributed by atoms with Gasteiger partial charge < -0.3 is 4.90 Å². The first kappa shape index (κ1) is 16.5. The Labute approximate surface area is 138 Å². The van der Waals surface area contributed by atoms with E-state index in [-0.39, 0.29) is 11.8 Å². The average molecular weight is 336 g/mol. The lowest BCUT2D eigenvalue weighted by molar-refractivity contribution is -0.135. The fourth-order valence-corrected chi connectivity index (χ4v) is 4.89. The molecule has 0 saturated carbocycles. The van der Waals surface area contributed by atoms with Crippen molar-refractivity contribution in [1.29, 1.82) is 0 Å². The lowest BCUT2D eigenvalue weighted by Crippen LogP contribution is -2.38. The van der Waals surface area contributed by atoms with Gasteiger partial charge in [-0.25, -0.2) is 8.42 Å². The lowest BCUT2D eigenvalue weighted by Gasteiger charge is -2.30. The van der Waals surface area contributed by atoms with E-state index in [0.29, 0.717) is 31.1 Å². The van der Waals surface area contributed by atoms with Crippen molar-refractivity contribution in [3.8, 4) is 0 Å². The SMILES string of the molecule is CC(C)C(=O)N1CCc2ccc(S(=O)(=O)N3CCCC3)cc2C1. The van der Waals surface area contributed by atoms with E-state index in [1.165, 1.54) is 0 Å². The van der Waals surface area contributed by atoms with Crippen molar-refractivity contribution in [2.45, 2.75) is 44.6 Å². The summed E-state index contributed by atoms with van der Waals surface area (Å²) in [7, 11) is -3.40. The zero-order chi connectivity index (χ0) is 16.6. The summed E-state index contributed by atoms with van der Waals surface area (Å²) in [6.07, 6.45) is 2.65. The normalized spacial score (nSPS) is 19.2. The fraction of sp³-hybridized carbons (Fsp3) is 0.588. The molecule has 0 radical (unpaired) electrons. The van der Waals surface area contributed by atoms with Crippen LogP contribution in [0.5, 0.6) is 0 Å². The molecule has 1 saturated heterocycles. The molecule has 0 spiro atoms. The quantitative estimate of drug-likeness (QED) is 0.848. The number of amides is 1. The number of hydrogen-bond acceptors (Lipinski definition) is 3. The van der Waals surface area contributed by atoms with Crippen molar-refractivity contribution in [2.24, 2.45) is 5.92 Å². The second kappa shape index (κ2) is 6.24. The van der Waals surface area contributed by atoms with Crippen molar-refractivity contribution in [3.05, 3.63) is 29.3 Å². The molecule has 2 aliphatic rings. The highest BCUT2D eigenvalue weighted by atomic mass is 32.2. The third-order valence-corrected chi connectivity index (χ3v) is 6.59. The lowest BCUT2D eigenvalue weighted by atomic mass is 9.99. The highest BCUT2D eigenvalue weighted by molar-refractivity contribution is 7.89. The van der Waals surface area contributed by atoms with E-state index in [2.05, 4.69) is 0 Å². The van der Waals surface area contributed by atoms with E-state index >= 15 is 0 Å². The van der Waals surface area contributed by atoms with Gasteiger partial charge in [-0.05, 0) is 42.5 Å². The van der Waals surface area contributed by atoms with E-state index in [4.69, 9.17) is 0 Å². The Bertz CT molecular complexity index is 707. The fourth-order valence-electron chi connectivity index (χ4n) is 3.32. The van der Waals surface area contributed by atoms with E-state index in [1.807, 2.05) is 24.8 Å². The average Bonchev–Trinajstić information content (AvgIpc) is 3.08. The van der Waals surface area contributed by atoms with Crippen molar-refractivity contribution in [3.63, 3.8) is 0 Å². The van der Waals surface area contributed by atoms with Crippen LogP contribution in [0.15, 0.2) is 23.1 Å². The van der Waals surface area contributed by atoms with Gasteiger partial charge in [-0.3, -0.25) is 4.79 Å². The Morgan fingerprint density at radius 1 is 1.09 bits per heavy atom. The van der Waals surface area contributed by atoms with Crippen molar-refractivity contribution in [1.82, 2.24) is 9.21 Å². The zero-order valence-electron chi connectivity index (χ0n) is 13.8. The van der Waals surface area contributed by atoms with Gasteiger partial charge in [0.05, 0.1) is 4.90 Å². The number of rotatable bonds is 3. The maximum atomic E-state index is 12.7. The number of carbonyl (C=O) groups excluding carboxylic acids is 1. The Morgan fingerprint density at radius 2 is 1.78 bits per heavy atom. The van der Waals surface area contributed by atoms with Crippen LogP contribution in [0.4, 0.5) is 0 Å². The van der Waals surface area contributed by atoms with Gasteiger partial charge in [-0.1, -0.05) is 19.9 Å². The van der Waals surface area contributed by atoms with E-state index < -0.39 is 10.0 Å². The molecule has 2 aliphatic heterocycles. The summed E-state index contributed by atoms with van der Waals surface area (Å²) in [5.41, 5.74) is 2.11. The molecule has 126 valence electrons. The third-order valence-electron chi connectivity index (χ3n) is 4.70. The van der Waals surface area contributed by atoms with E-state index in [0.717, 1.165) is 30.4 Å². The predicted octanol–water partition coefficient (Wildman–Crippen LogP) is 2.01. The largest absolute Gasteiger partial charge is 0.338 e. The Balaban J connectivity index is 1.87. The summed E-state index contributed by atoms with van der Waals surface area (Å²) >= 11 is 0. The van der Waals surface area contributed by atoms with Crippen LogP contribution in [-0.2, 0) is 27.8 Å². The molecule has 0 aromatic heterocycles. The van der Waals surface area contributed by atoms with Gasteiger partial charge in [-0.2, -0.15) is 4.31 Å². The minimum atomic E-state index is -3.40. The topological polar surface area (TPSA) is 57.7 Å². The summed E-state index contributed by atoms with van der Waals surface area (Å²) in [6.45, 7) is 6.23. The maximum absolute atomic E-state index is 12.7. The second-order valence-electron chi connectivity index (χ2n) is 6.71. The van der Waals surface area contributed by atoms with Crippen LogP contribution < -0.4 is 0 Å². The van der Waals surface area contributed by atoms with Crippen LogP contribution in [0, 0.1) is 5.92 Å². The molecule has 0 atom stereocenters. The molecule has 23 heavy (non-hydrogen) atoms. The molecule has 5 nitrogen and oxygen atoms in total. The van der Waals surface area contributed by atoms with Gasteiger partial charge in [0.25, 0.3) is 0 Å². The molecule has 0 N–H and O–H groups in total. The van der Waals surface area contributed by atoms with Crippen LogP contribution >= 0.6 is 0 Å². The second-order valence-corrected chi connectivity index (χ2v) is 8.64. The summed E-state index contributed by atoms with van der Waals surface area (Å²) in [5, 5.41) is 0. The van der Waals surface area contributed by atoms with Gasteiger partial charge in [-0.15, -0.1) is 0 Å². The molecule has 0 aliphatic carbocycles. The van der Waals surface area contributed by atoms with Crippen LogP contribution in [0.3, 0.4) is 0 Å². The Kier molecular flexibility index (Phi) is 4.47. The van der Waals surface area contributed by atoms with Crippen LogP contribution in [-0.4, -0.2) is 43.2 Å². The highest BCUT2D eigenvalue weighted by Crippen LogP contribution is 2.26. The molecule has 1 fully saturated rings. The summed E-state index contributed by atoms with van der Waals surface area (Å²) in [4.78, 5) is 14.4. The monoisotopic (exact) mass is 336 g/mol. The number of sulfonamides is 1. The first-order valence-corrected chi connectivity index (χ1v) is 9.74. The van der Waals surface area contributed by atoms with Crippen molar-refractivity contribution >= 4 is 15.9 Å². The smallest absolute Gasteiger partial charge is 0.243 e. The van der Waals surface area contributed by atoms with Gasteiger partial charge in [0.2, 0.25) is 15.9 Å². The highest BCUT2D eigenvalue weighted by Gasteiger charge is 2.29. The van der Waals surface area contributed by atoms with Crippen molar-refractivity contribution in [2.75, 3.05) is 19.6 Å². The number of carbonyl (C=O) groups is 1. The molecule has 0 bridgehead atoms. The summed E-state index contributed by atoms with van der Waals surface area (Å²) in [5.74, 6) is 0.0940. The number of fused-ring (bicyclic) bond motifs is 1. The van der Waals surface area contributed by atoms with E-state index in [1.54, 1.807) is 16.4 Å². The van der Waals surface area contributed by atoms with Crippen molar-refractivity contribution < 1.29 is 13.2 Å². The molecule has 1 amide bonds.